The maximum Gasteiger partial charge on any atom is 0.271 e. The third kappa shape index (κ3) is 3.20. The second kappa shape index (κ2) is 6.92. The van der Waals surface area contributed by atoms with Crippen molar-refractivity contribution in [3.8, 4) is 0 Å². The zero-order valence-electron chi connectivity index (χ0n) is 17.6. The average Bonchev–Trinajstić information content (AvgIpc) is 3.05. The number of nitrogens with zero attached hydrogens (tertiary/aromatic N) is 4. The molecule has 30 heavy (non-hydrogen) atoms. The van der Waals surface area contributed by atoms with E-state index in [1.165, 1.54) is 0 Å². The number of rotatable bonds is 5. The van der Waals surface area contributed by atoms with Crippen molar-refractivity contribution < 1.29 is 14.1 Å². The Bertz CT molecular complexity index is 977. The molecule has 2 saturated carbocycles. The molecule has 0 spiro atoms. The fraction of sp³-hybridized carbons (Fsp3) is 0.667. The van der Waals surface area contributed by atoms with Gasteiger partial charge in [0.1, 0.15) is 5.69 Å². The quantitative estimate of drug-likeness (QED) is 0.775. The van der Waals surface area contributed by atoms with Gasteiger partial charge in [0.15, 0.2) is 5.82 Å². The lowest BCUT2D eigenvalue weighted by Gasteiger charge is -2.26. The van der Waals surface area contributed by atoms with Crippen molar-refractivity contribution in [2.45, 2.75) is 63.8 Å². The molecule has 3 heterocycles. The van der Waals surface area contributed by atoms with Gasteiger partial charge in [0.25, 0.3) is 5.91 Å². The highest BCUT2D eigenvalue weighted by molar-refractivity contribution is 5.92. The summed E-state index contributed by atoms with van der Waals surface area (Å²) in [5.74, 6) is 1.80. The highest BCUT2D eigenvalue weighted by Crippen LogP contribution is 2.50. The molecule has 5 rings (SSSR count). The molecule has 2 aromatic heterocycles. The Kier molecular flexibility index (Phi) is 4.44. The third-order valence-corrected chi connectivity index (χ3v) is 6.82. The van der Waals surface area contributed by atoms with E-state index in [1.54, 1.807) is 6.92 Å². The van der Waals surface area contributed by atoms with Crippen molar-refractivity contribution in [3.63, 3.8) is 0 Å². The molecule has 1 saturated heterocycles. The lowest BCUT2D eigenvalue weighted by Crippen LogP contribution is -2.40. The second-order valence-electron chi connectivity index (χ2n) is 9.47. The molecule has 9 nitrogen and oxygen atoms in total. The molecule has 0 unspecified atom stereocenters. The van der Waals surface area contributed by atoms with E-state index in [4.69, 9.17) is 4.52 Å². The maximum atomic E-state index is 12.8. The van der Waals surface area contributed by atoms with Gasteiger partial charge in [-0.3, -0.25) is 14.7 Å². The van der Waals surface area contributed by atoms with Gasteiger partial charge < -0.3 is 14.7 Å². The minimum Gasteiger partial charge on any atom is -0.348 e. The fourth-order valence-electron chi connectivity index (χ4n) is 5.16. The molecule has 0 radical (unpaired) electrons. The molecule has 3 fully saturated rings. The number of aryl methyl sites for hydroxylation is 1. The van der Waals surface area contributed by atoms with Crippen molar-refractivity contribution >= 4 is 11.8 Å². The number of aromatic nitrogens is 4. The van der Waals surface area contributed by atoms with Crippen LogP contribution in [-0.2, 0) is 10.2 Å². The minimum absolute atomic E-state index is 0.0212. The van der Waals surface area contributed by atoms with Crippen LogP contribution in [-0.4, -0.2) is 56.2 Å². The predicted molar refractivity (Wildman–Crippen MR) is 107 cm³/mol. The molecule has 0 aromatic carbocycles. The van der Waals surface area contributed by atoms with Crippen LogP contribution in [0.5, 0.6) is 0 Å². The van der Waals surface area contributed by atoms with Crippen LogP contribution in [0.15, 0.2) is 10.6 Å². The van der Waals surface area contributed by atoms with E-state index in [1.807, 2.05) is 24.8 Å². The Labute approximate surface area is 175 Å². The fourth-order valence-corrected chi connectivity index (χ4v) is 5.16. The van der Waals surface area contributed by atoms with Gasteiger partial charge in [-0.15, -0.1) is 0 Å². The lowest BCUT2D eigenvalue weighted by atomic mass is 9.80. The number of hydrogen-bond donors (Lipinski definition) is 2. The molecule has 2 N–H and O–H groups in total. The monoisotopic (exact) mass is 412 g/mol. The molecular formula is C21H28N6O3. The van der Waals surface area contributed by atoms with Crippen LogP contribution in [0.1, 0.15) is 73.3 Å². The number of amides is 2. The molecule has 2 aromatic rings. The molecule has 3 atom stereocenters. The van der Waals surface area contributed by atoms with Crippen LogP contribution in [0.3, 0.4) is 0 Å². The third-order valence-electron chi connectivity index (χ3n) is 6.82. The van der Waals surface area contributed by atoms with Crippen molar-refractivity contribution in [1.29, 1.82) is 0 Å². The van der Waals surface area contributed by atoms with Gasteiger partial charge in [-0.2, -0.15) is 10.1 Å². The number of nitrogens with one attached hydrogen (secondary N) is 2. The summed E-state index contributed by atoms with van der Waals surface area (Å²) >= 11 is 0. The molecular weight excluding hydrogens is 384 g/mol. The van der Waals surface area contributed by atoms with E-state index in [2.05, 4.69) is 25.7 Å². The summed E-state index contributed by atoms with van der Waals surface area (Å²) in [5.41, 5.74) is 1.08. The van der Waals surface area contributed by atoms with Gasteiger partial charge in [0.2, 0.25) is 11.8 Å². The van der Waals surface area contributed by atoms with Crippen molar-refractivity contribution in [1.82, 2.24) is 30.6 Å². The number of carbonyl (C=O) groups is 2. The Morgan fingerprint density at radius 2 is 2.17 bits per heavy atom. The van der Waals surface area contributed by atoms with E-state index in [0.29, 0.717) is 42.8 Å². The van der Waals surface area contributed by atoms with E-state index in [9.17, 15) is 9.59 Å². The number of aromatic amines is 1. The number of H-pyrrole nitrogens is 1. The molecule has 2 aliphatic carbocycles. The first-order valence-corrected chi connectivity index (χ1v) is 10.8. The summed E-state index contributed by atoms with van der Waals surface area (Å²) in [4.78, 5) is 31.9. The maximum absolute atomic E-state index is 12.8. The van der Waals surface area contributed by atoms with Crippen LogP contribution in [0.4, 0.5) is 0 Å². The zero-order chi connectivity index (χ0) is 21.0. The van der Waals surface area contributed by atoms with Crippen molar-refractivity contribution in [2.75, 3.05) is 13.1 Å². The molecule has 9 heteroatoms. The summed E-state index contributed by atoms with van der Waals surface area (Å²) in [7, 11) is 0. The molecule has 0 bridgehead atoms. The minimum atomic E-state index is -0.408. The van der Waals surface area contributed by atoms with Gasteiger partial charge in [-0.25, -0.2) is 0 Å². The molecule has 160 valence electrons. The first-order chi connectivity index (χ1) is 14.4. The topological polar surface area (TPSA) is 117 Å². The SMILES string of the molecule is Cc1noc([C@]23C[C@H](NC(=O)c4cc(C5CC5)[nH]n4)C[C@H]2CN(C(=O)C(C)C)C3)n1. The number of hydrogen-bond acceptors (Lipinski definition) is 6. The van der Waals surface area contributed by atoms with Gasteiger partial charge >= 0.3 is 0 Å². The Hall–Kier alpha value is -2.71. The van der Waals surface area contributed by atoms with Gasteiger partial charge in [0.05, 0.1) is 5.41 Å². The van der Waals surface area contributed by atoms with E-state index in [-0.39, 0.29) is 29.7 Å². The van der Waals surface area contributed by atoms with E-state index in [0.717, 1.165) is 25.0 Å². The van der Waals surface area contributed by atoms with Crippen LogP contribution in [0, 0.1) is 18.8 Å². The van der Waals surface area contributed by atoms with E-state index >= 15 is 0 Å². The summed E-state index contributed by atoms with van der Waals surface area (Å²) in [5, 5.41) is 14.3. The predicted octanol–water partition coefficient (Wildman–Crippen LogP) is 1.92. The van der Waals surface area contributed by atoms with Crippen molar-refractivity contribution in [2.24, 2.45) is 11.8 Å². The van der Waals surface area contributed by atoms with Crippen LogP contribution in [0.2, 0.25) is 0 Å². The Morgan fingerprint density at radius 3 is 2.83 bits per heavy atom. The van der Waals surface area contributed by atoms with Gasteiger partial charge in [-0.1, -0.05) is 19.0 Å². The zero-order valence-corrected chi connectivity index (χ0v) is 17.6. The van der Waals surface area contributed by atoms with Crippen molar-refractivity contribution in [3.05, 3.63) is 29.2 Å². The number of carbonyl (C=O) groups excluding carboxylic acids is 2. The Morgan fingerprint density at radius 1 is 1.37 bits per heavy atom. The van der Waals surface area contributed by atoms with Crippen LogP contribution in [0.25, 0.3) is 0 Å². The molecule has 1 aliphatic heterocycles. The van der Waals surface area contributed by atoms with Gasteiger partial charge in [0, 0.05) is 36.7 Å². The number of fused-ring (bicyclic) bond motifs is 1. The Balaban J connectivity index is 1.34. The average molecular weight is 412 g/mol. The highest BCUT2D eigenvalue weighted by Gasteiger charge is 2.58. The summed E-state index contributed by atoms with van der Waals surface area (Å²) in [6.45, 7) is 6.84. The van der Waals surface area contributed by atoms with Crippen LogP contribution >= 0.6 is 0 Å². The smallest absolute Gasteiger partial charge is 0.271 e. The molecule has 3 aliphatic rings. The first-order valence-electron chi connectivity index (χ1n) is 10.8. The van der Waals surface area contributed by atoms with Gasteiger partial charge in [-0.05, 0) is 44.6 Å². The first kappa shape index (κ1) is 19.3. The summed E-state index contributed by atoms with van der Waals surface area (Å²) < 4.78 is 5.59. The summed E-state index contributed by atoms with van der Waals surface area (Å²) in [6.07, 6.45) is 3.76. The lowest BCUT2D eigenvalue weighted by molar-refractivity contribution is -0.133. The standard InChI is InChI=1S/C21H28N6O3/c1-11(2)19(29)27-9-14-6-15(8-21(14,10-27)20-22-12(3)26-30-20)23-18(28)17-7-16(24-25-17)13-4-5-13/h7,11,13-15H,4-6,8-10H2,1-3H3,(H,23,28)(H,24,25)/t14-,15+,21-/m0/s1. The number of likely N-dealkylation sites (tertiary alicyclic amines) is 1. The highest BCUT2D eigenvalue weighted by atomic mass is 16.5. The largest absolute Gasteiger partial charge is 0.348 e. The normalized spacial score (nSPS) is 28.2. The van der Waals surface area contributed by atoms with Crippen LogP contribution < -0.4 is 5.32 Å². The molecule has 2 amide bonds. The second-order valence-corrected chi connectivity index (χ2v) is 9.47. The van der Waals surface area contributed by atoms with E-state index < -0.39 is 5.41 Å². The summed E-state index contributed by atoms with van der Waals surface area (Å²) in [6, 6.07) is 1.84.